The highest BCUT2D eigenvalue weighted by Gasteiger charge is 2.49. The molecule has 1 atom stereocenters. The highest BCUT2D eigenvalue weighted by Crippen LogP contribution is 2.29. The average Bonchev–Trinajstić information content (AvgIpc) is 3.23. The number of nitrogens with zero attached hydrogens (tertiary/aromatic N) is 2. The van der Waals surface area contributed by atoms with Crippen LogP contribution in [0, 0.1) is 11.3 Å². The van der Waals surface area contributed by atoms with Crippen molar-refractivity contribution in [2.75, 3.05) is 6.54 Å². The molecule has 26 heavy (non-hydrogen) atoms. The van der Waals surface area contributed by atoms with Crippen molar-refractivity contribution >= 4 is 29.2 Å². The molecule has 1 saturated heterocycles. The second kappa shape index (κ2) is 6.98. The molecule has 7 nitrogen and oxygen atoms in total. The molecule has 0 aliphatic carbocycles. The van der Waals surface area contributed by atoms with E-state index in [-0.39, 0.29) is 6.54 Å². The molecule has 0 spiro atoms. The van der Waals surface area contributed by atoms with Crippen LogP contribution in [0.4, 0.5) is 4.79 Å². The fourth-order valence-corrected chi connectivity index (χ4v) is 3.38. The molecule has 1 aliphatic heterocycles. The van der Waals surface area contributed by atoms with Crippen LogP contribution in [0.1, 0.15) is 22.9 Å². The van der Waals surface area contributed by atoms with Gasteiger partial charge in [0.15, 0.2) is 0 Å². The molecular weight excluding hydrogens is 352 g/mol. The molecular formula is C18H16N4O3S. The summed E-state index contributed by atoms with van der Waals surface area (Å²) in [7, 11) is 0. The summed E-state index contributed by atoms with van der Waals surface area (Å²) in [6.07, 6.45) is 0. The number of nitriles is 1. The van der Waals surface area contributed by atoms with Gasteiger partial charge in [-0.05, 0) is 36.1 Å². The second-order valence-corrected chi connectivity index (χ2v) is 7.03. The van der Waals surface area contributed by atoms with E-state index in [4.69, 9.17) is 5.26 Å². The minimum atomic E-state index is -1.31. The van der Waals surface area contributed by atoms with Crippen LogP contribution in [0.3, 0.4) is 0 Å². The number of hydrogen-bond acceptors (Lipinski definition) is 5. The first-order valence-corrected chi connectivity index (χ1v) is 8.76. The summed E-state index contributed by atoms with van der Waals surface area (Å²) in [6.45, 7) is 1.55. The van der Waals surface area contributed by atoms with Crippen LogP contribution in [0.2, 0.25) is 0 Å². The van der Waals surface area contributed by atoms with Gasteiger partial charge in [-0.25, -0.2) is 4.79 Å². The Labute approximate surface area is 154 Å². The smallest absolute Gasteiger partial charge is 0.325 e. The van der Waals surface area contributed by atoms with Crippen molar-refractivity contribution < 1.29 is 14.4 Å². The normalized spacial score (nSPS) is 19.2. The predicted molar refractivity (Wildman–Crippen MR) is 94.9 cm³/mol. The van der Waals surface area contributed by atoms with Crippen molar-refractivity contribution in [2.24, 2.45) is 0 Å². The van der Waals surface area contributed by atoms with Crippen LogP contribution in [-0.4, -0.2) is 29.3 Å². The van der Waals surface area contributed by atoms with Gasteiger partial charge in [0.25, 0.3) is 5.91 Å². The lowest BCUT2D eigenvalue weighted by Gasteiger charge is -2.22. The Kier molecular flexibility index (Phi) is 4.73. The van der Waals surface area contributed by atoms with Crippen molar-refractivity contribution in [1.29, 1.82) is 5.26 Å². The van der Waals surface area contributed by atoms with E-state index in [1.54, 1.807) is 31.2 Å². The first-order valence-electron chi connectivity index (χ1n) is 7.88. The topological polar surface area (TPSA) is 102 Å². The summed E-state index contributed by atoms with van der Waals surface area (Å²) in [5.74, 6) is -0.944. The third-order valence-corrected chi connectivity index (χ3v) is 5.06. The number of nitrogens with one attached hydrogen (secondary N) is 2. The summed E-state index contributed by atoms with van der Waals surface area (Å²) >= 11 is 1.51. The quantitative estimate of drug-likeness (QED) is 0.784. The van der Waals surface area contributed by atoms with E-state index < -0.39 is 23.4 Å². The Morgan fingerprint density at radius 2 is 2.15 bits per heavy atom. The molecule has 2 N–H and O–H groups in total. The molecule has 0 unspecified atom stereocenters. The predicted octanol–water partition coefficient (Wildman–Crippen LogP) is 1.70. The molecule has 4 amide bonds. The van der Waals surface area contributed by atoms with Gasteiger partial charge in [-0.1, -0.05) is 18.2 Å². The third kappa shape index (κ3) is 3.30. The Hall–Kier alpha value is -3.18. The van der Waals surface area contributed by atoms with E-state index >= 15 is 0 Å². The first kappa shape index (κ1) is 17.6. The van der Waals surface area contributed by atoms with Crippen LogP contribution >= 0.6 is 11.3 Å². The summed E-state index contributed by atoms with van der Waals surface area (Å²) in [5.41, 5.74) is -0.424. The Morgan fingerprint density at radius 1 is 1.35 bits per heavy atom. The number of thiophene rings is 1. The zero-order valence-corrected chi connectivity index (χ0v) is 14.8. The summed E-state index contributed by atoms with van der Waals surface area (Å²) < 4.78 is 0. The van der Waals surface area contributed by atoms with Crippen LogP contribution < -0.4 is 10.6 Å². The highest BCUT2D eigenvalue weighted by atomic mass is 32.1. The molecule has 1 aliphatic rings. The van der Waals surface area contributed by atoms with Crippen molar-refractivity contribution in [3.63, 3.8) is 0 Å². The Morgan fingerprint density at radius 3 is 2.85 bits per heavy atom. The van der Waals surface area contributed by atoms with Gasteiger partial charge < -0.3 is 10.6 Å². The van der Waals surface area contributed by atoms with Crippen LogP contribution in [0.15, 0.2) is 41.8 Å². The summed E-state index contributed by atoms with van der Waals surface area (Å²) in [6, 6.07) is 11.6. The average molecular weight is 368 g/mol. The zero-order chi connectivity index (χ0) is 18.7. The van der Waals surface area contributed by atoms with E-state index in [0.717, 1.165) is 9.78 Å². The van der Waals surface area contributed by atoms with Crippen molar-refractivity contribution in [3.8, 4) is 6.07 Å². The maximum atomic E-state index is 12.8. The lowest BCUT2D eigenvalue weighted by Crippen LogP contribution is -2.43. The lowest BCUT2D eigenvalue weighted by atomic mass is 9.91. The van der Waals surface area contributed by atoms with E-state index in [0.29, 0.717) is 17.7 Å². The second-order valence-electron chi connectivity index (χ2n) is 6.00. The monoisotopic (exact) mass is 368 g/mol. The van der Waals surface area contributed by atoms with Crippen molar-refractivity contribution in [3.05, 3.63) is 57.8 Å². The van der Waals surface area contributed by atoms with Gasteiger partial charge in [0.05, 0.1) is 18.2 Å². The molecule has 8 heteroatoms. The number of imide groups is 1. The van der Waals surface area contributed by atoms with Crippen molar-refractivity contribution in [2.45, 2.75) is 19.0 Å². The molecule has 0 radical (unpaired) electrons. The molecule has 2 aromatic rings. The van der Waals surface area contributed by atoms with Gasteiger partial charge in [0, 0.05) is 4.88 Å². The molecule has 1 fully saturated rings. The first-order chi connectivity index (χ1) is 12.4. The van der Waals surface area contributed by atoms with Gasteiger partial charge in [-0.15, -0.1) is 11.3 Å². The maximum absolute atomic E-state index is 12.8. The van der Waals surface area contributed by atoms with E-state index in [1.807, 2.05) is 23.6 Å². The lowest BCUT2D eigenvalue weighted by molar-refractivity contribution is -0.134. The molecule has 2 heterocycles. The van der Waals surface area contributed by atoms with Crippen molar-refractivity contribution in [1.82, 2.24) is 15.5 Å². The number of benzene rings is 1. The molecule has 0 bridgehead atoms. The minimum absolute atomic E-state index is 0.349. The number of carbonyl (C=O) groups is 3. The Balaban J connectivity index is 1.71. The van der Waals surface area contributed by atoms with Crippen LogP contribution in [0.25, 0.3) is 0 Å². The fourth-order valence-electron chi connectivity index (χ4n) is 2.73. The molecule has 132 valence electrons. The molecule has 1 aromatic carbocycles. The van der Waals surface area contributed by atoms with Gasteiger partial charge >= 0.3 is 6.03 Å². The minimum Gasteiger partial charge on any atom is -0.350 e. The van der Waals surface area contributed by atoms with E-state index in [1.165, 1.54) is 11.3 Å². The third-order valence-electron chi connectivity index (χ3n) is 4.19. The van der Waals surface area contributed by atoms with Crippen LogP contribution in [0.5, 0.6) is 0 Å². The number of urea groups is 1. The summed E-state index contributed by atoms with van der Waals surface area (Å²) in [4.78, 5) is 39.0. The number of rotatable bonds is 5. The zero-order valence-electron chi connectivity index (χ0n) is 14.0. The Bertz CT molecular complexity index is 903. The molecule has 3 rings (SSSR count). The summed E-state index contributed by atoms with van der Waals surface area (Å²) in [5, 5.41) is 16.2. The number of hydrogen-bond donors (Lipinski definition) is 2. The van der Waals surface area contributed by atoms with Gasteiger partial charge in [-0.2, -0.15) is 5.26 Å². The van der Waals surface area contributed by atoms with Gasteiger partial charge in [0.1, 0.15) is 12.1 Å². The van der Waals surface area contributed by atoms with Gasteiger partial charge in [-0.3, -0.25) is 14.5 Å². The van der Waals surface area contributed by atoms with E-state index in [2.05, 4.69) is 10.6 Å². The molecule has 1 aromatic heterocycles. The largest absolute Gasteiger partial charge is 0.350 e. The van der Waals surface area contributed by atoms with Gasteiger partial charge in [0.2, 0.25) is 5.91 Å². The highest BCUT2D eigenvalue weighted by molar-refractivity contribution is 7.09. The number of amides is 4. The van der Waals surface area contributed by atoms with Crippen LogP contribution in [-0.2, 0) is 21.7 Å². The maximum Gasteiger partial charge on any atom is 0.325 e. The van der Waals surface area contributed by atoms with E-state index in [9.17, 15) is 14.4 Å². The fraction of sp³-hybridized carbons (Fsp3) is 0.222. The number of carbonyl (C=O) groups excluding carboxylic acids is 3. The standard InChI is InChI=1S/C18H16N4O3S/c1-18(13-5-2-4-12(8-13)9-19)16(24)22(17(25)21-18)11-15(23)20-10-14-6-3-7-26-14/h2-8H,10-11H2,1H3,(H,20,23)(H,21,25)/t18-/m0/s1. The SMILES string of the molecule is C[C@@]1(c2cccc(C#N)c2)NC(=O)N(CC(=O)NCc2cccs2)C1=O. The molecule has 0 saturated carbocycles.